The fourth-order valence-electron chi connectivity index (χ4n) is 1.64. The number of ether oxygens (including phenoxy) is 1. The van der Waals surface area contributed by atoms with Gasteiger partial charge in [0, 0.05) is 10.6 Å². The number of nitrogens with one attached hydrogen (secondary N) is 1. The molecule has 24 heavy (non-hydrogen) atoms. The average molecular weight is 427 g/mol. The van der Waals surface area contributed by atoms with Gasteiger partial charge in [0.2, 0.25) is 0 Å². The van der Waals surface area contributed by atoms with Crippen LogP contribution in [0.1, 0.15) is 5.56 Å². The molecule has 0 aliphatic carbocycles. The first-order valence-corrected chi connectivity index (χ1v) is 8.30. The number of hydrogen-bond donors (Lipinski definition) is 1. The van der Waals surface area contributed by atoms with E-state index in [4.69, 9.17) is 62.7 Å². The summed E-state index contributed by atoms with van der Waals surface area (Å²) in [4.78, 5) is 11.7. The minimum Gasteiger partial charge on any atom is -0.481 e. The first-order chi connectivity index (χ1) is 11.4. The van der Waals surface area contributed by atoms with Gasteiger partial charge in [0.25, 0.3) is 5.91 Å². The van der Waals surface area contributed by atoms with Crippen molar-refractivity contribution in [3.05, 3.63) is 61.0 Å². The zero-order chi connectivity index (χ0) is 17.7. The lowest BCUT2D eigenvalue weighted by molar-refractivity contribution is -0.123. The van der Waals surface area contributed by atoms with Crippen molar-refractivity contribution in [2.75, 3.05) is 6.61 Å². The van der Waals surface area contributed by atoms with E-state index in [0.717, 1.165) is 0 Å². The third-order valence-corrected chi connectivity index (χ3v) is 4.13. The summed E-state index contributed by atoms with van der Waals surface area (Å²) < 4.78 is 5.27. The van der Waals surface area contributed by atoms with Crippen molar-refractivity contribution in [1.29, 1.82) is 0 Å². The molecule has 1 N–H and O–H groups in total. The summed E-state index contributed by atoms with van der Waals surface area (Å²) in [6.07, 6.45) is 1.34. The SMILES string of the molecule is O=C(COc1c(Cl)cc(Cl)cc1Cl)NN=Cc1c(Cl)cccc1Cl. The van der Waals surface area contributed by atoms with E-state index in [1.807, 2.05) is 0 Å². The number of nitrogens with zero attached hydrogens (tertiary/aromatic N) is 1. The average Bonchev–Trinajstić information content (AvgIpc) is 2.49. The minimum atomic E-state index is -0.517. The third kappa shape index (κ3) is 5.16. The molecule has 2 aromatic rings. The molecule has 4 nitrogen and oxygen atoms in total. The lowest BCUT2D eigenvalue weighted by atomic mass is 10.2. The summed E-state index contributed by atoms with van der Waals surface area (Å²) in [7, 11) is 0. The Morgan fingerprint density at radius 3 is 2.21 bits per heavy atom. The van der Waals surface area contributed by atoms with Gasteiger partial charge in [0.15, 0.2) is 12.4 Å². The van der Waals surface area contributed by atoms with Crippen LogP contribution in [-0.4, -0.2) is 18.7 Å². The Hall–Kier alpha value is -1.17. The van der Waals surface area contributed by atoms with Crippen LogP contribution >= 0.6 is 58.0 Å². The van der Waals surface area contributed by atoms with Gasteiger partial charge in [-0.2, -0.15) is 5.10 Å². The summed E-state index contributed by atoms with van der Waals surface area (Å²) in [5.41, 5.74) is 2.77. The molecule has 0 atom stereocenters. The van der Waals surface area contributed by atoms with E-state index in [1.54, 1.807) is 18.2 Å². The van der Waals surface area contributed by atoms with E-state index >= 15 is 0 Å². The summed E-state index contributed by atoms with van der Waals surface area (Å²) in [6, 6.07) is 7.93. The predicted octanol–water partition coefficient (Wildman–Crippen LogP) is 5.48. The fourth-order valence-corrected chi connectivity index (χ4v) is 3.06. The Kier molecular flexibility index (Phi) is 7.02. The van der Waals surface area contributed by atoms with E-state index in [9.17, 15) is 4.79 Å². The molecule has 0 aromatic heterocycles. The largest absolute Gasteiger partial charge is 0.481 e. The molecule has 126 valence electrons. The standard InChI is InChI=1S/C15H9Cl5N2O2/c16-8-4-12(19)15(13(20)5-8)24-7-14(23)22-21-6-9-10(17)2-1-3-11(9)18/h1-6H,7H2,(H,22,23). The second-order valence-electron chi connectivity index (χ2n) is 4.42. The lowest BCUT2D eigenvalue weighted by Crippen LogP contribution is -2.24. The molecule has 0 spiro atoms. The van der Waals surface area contributed by atoms with Crippen molar-refractivity contribution in [2.24, 2.45) is 5.10 Å². The second kappa shape index (κ2) is 8.79. The number of benzene rings is 2. The van der Waals surface area contributed by atoms with Crippen LogP contribution in [0.3, 0.4) is 0 Å². The molecule has 9 heteroatoms. The van der Waals surface area contributed by atoms with Crippen molar-refractivity contribution < 1.29 is 9.53 Å². The molecular formula is C15H9Cl5N2O2. The molecule has 0 heterocycles. The summed E-state index contributed by atoms with van der Waals surface area (Å²) in [5, 5.41) is 5.37. The normalized spacial score (nSPS) is 10.9. The molecule has 0 aliphatic heterocycles. The van der Waals surface area contributed by atoms with Crippen LogP contribution in [0.4, 0.5) is 0 Å². The van der Waals surface area contributed by atoms with Gasteiger partial charge in [0.1, 0.15) is 0 Å². The number of hydrazone groups is 1. The summed E-state index contributed by atoms with van der Waals surface area (Å²) >= 11 is 29.7. The van der Waals surface area contributed by atoms with Gasteiger partial charge < -0.3 is 4.74 Å². The summed E-state index contributed by atoms with van der Waals surface area (Å²) in [6.45, 7) is -0.339. The lowest BCUT2D eigenvalue weighted by Gasteiger charge is -2.09. The van der Waals surface area contributed by atoms with Crippen molar-refractivity contribution in [3.63, 3.8) is 0 Å². The van der Waals surface area contributed by atoms with E-state index in [2.05, 4.69) is 10.5 Å². The van der Waals surface area contributed by atoms with Crippen molar-refractivity contribution in [3.8, 4) is 5.75 Å². The first-order valence-electron chi connectivity index (χ1n) is 6.41. The number of rotatable bonds is 5. The third-order valence-electron chi connectivity index (χ3n) is 2.69. The molecule has 0 saturated heterocycles. The summed E-state index contributed by atoms with van der Waals surface area (Å²) in [5.74, 6) is -0.354. The van der Waals surface area contributed by atoms with Crippen LogP contribution in [0.15, 0.2) is 35.4 Å². The first kappa shape index (κ1) is 19.2. The quantitative estimate of drug-likeness (QED) is 0.508. The van der Waals surface area contributed by atoms with E-state index < -0.39 is 5.91 Å². The highest BCUT2D eigenvalue weighted by Gasteiger charge is 2.11. The maximum Gasteiger partial charge on any atom is 0.277 e. The van der Waals surface area contributed by atoms with E-state index in [0.29, 0.717) is 20.6 Å². The van der Waals surface area contributed by atoms with Crippen LogP contribution in [0.2, 0.25) is 25.1 Å². The fraction of sp³-hybridized carbons (Fsp3) is 0.0667. The molecule has 2 aromatic carbocycles. The Balaban J connectivity index is 1.94. The molecule has 0 unspecified atom stereocenters. The smallest absolute Gasteiger partial charge is 0.277 e. The van der Waals surface area contributed by atoms with E-state index in [-0.39, 0.29) is 22.4 Å². The maximum absolute atomic E-state index is 11.7. The van der Waals surface area contributed by atoms with Crippen LogP contribution in [0.25, 0.3) is 0 Å². The number of carbonyl (C=O) groups excluding carboxylic acids is 1. The zero-order valence-corrected chi connectivity index (χ0v) is 15.6. The molecule has 0 aliphatic rings. The van der Waals surface area contributed by atoms with Crippen LogP contribution < -0.4 is 10.2 Å². The number of hydrogen-bond acceptors (Lipinski definition) is 3. The van der Waals surface area contributed by atoms with Crippen molar-refractivity contribution in [1.82, 2.24) is 5.43 Å². The van der Waals surface area contributed by atoms with Crippen molar-refractivity contribution in [2.45, 2.75) is 0 Å². The zero-order valence-electron chi connectivity index (χ0n) is 11.8. The predicted molar refractivity (Wildman–Crippen MR) is 99.2 cm³/mol. The van der Waals surface area contributed by atoms with Gasteiger partial charge in [-0.15, -0.1) is 0 Å². The molecule has 0 saturated carbocycles. The minimum absolute atomic E-state index is 0.163. The molecule has 0 bridgehead atoms. The Morgan fingerprint density at radius 1 is 1.04 bits per heavy atom. The van der Waals surface area contributed by atoms with Gasteiger partial charge in [-0.05, 0) is 24.3 Å². The van der Waals surface area contributed by atoms with Crippen LogP contribution in [0, 0.1) is 0 Å². The topological polar surface area (TPSA) is 50.7 Å². The van der Waals surface area contributed by atoms with Gasteiger partial charge in [-0.25, -0.2) is 5.43 Å². The van der Waals surface area contributed by atoms with Gasteiger partial charge in [-0.1, -0.05) is 64.1 Å². The van der Waals surface area contributed by atoms with Gasteiger partial charge in [-0.3, -0.25) is 4.79 Å². The van der Waals surface area contributed by atoms with Crippen LogP contribution in [-0.2, 0) is 4.79 Å². The molecule has 0 fully saturated rings. The maximum atomic E-state index is 11.7. The highest BCUT2D eigenvalue weighted by atomic mass is 35.5. The highest BCUT2D eigenvalue weighted by molar-refractivity contribution is 6.40. The number of halogens is 5. The number of carbonyl (C=O) groups is 1. The molecular weight excluding hydrogens is 417 g/mol. The Labute approximate surface area is 163 Å². The second-order valence-corrected chi connectivity index (χ2v) is 6.48. The number of amides is 1. The monoisotopic (exact) mass is 424 g/mol. The van der Waals surface area contributed by atoms with E-state index in [1.165, 1.54) is 18.3 Å². The van der Waals surface area contributed by atoms with Crippen LogP contribution in [0.5, 0.6) is 5.75 Å². The molecule has 1 amide bonds. The Morgan fingerprint density at radius 2 is 1.62 bits per heavy atom. The molecule has 2 rings (SSSR count). The van der Waals surface area contributed by atoms with Crippen molar-refractivity contribution >= 4 is 70.1 Å². The Bertz CT molecular complexity index is 752. The highest BCUT2D eigenvalue weighted by Crippen LogP contribution is 2.35. The van der Waals surface area contributed by atoms with Gasteiger partial charge in [0.05, 0.1) is 26.3 Å². The molecule has 0 radical (unpaired) electrons. The van der Waals surface area contributed by atoms with Gasteiger partial charge >= 0.3 is 0 Å².